The number of rotatable bonds is 1. The third kappa shape index (κ3) is 1.93. The number of ether oxygens (including phenoxy) is 1. The second-order valence-electron chi connectivity index (χ2n) is 5.46. The topological polar surface area (TPSA) is 24.5 Å². The normalized spacial score (nSPS) is 32.8. The molecule has 15 heavy (non-hydrogen) atoms. The molecule has 1 N–H and O–H groups in total. The van der Waals surface area contributed by atoms with Crippen molar-refractivity contribution in [3.05, 3.63) is 0 Å². The molecular weight excluding hydrogens is 188 g/mol. The van der Waals surface area contributed by atoms with Crippen LogP contribution in [0.2, 0.25) is 0 Å². The lowest BCUT2D eigenvalue weighted by Gasteiger charge is -2.54. The summed E-state index contributed by atoms with van der Waals surface area (Å²) in [6.45, 7) is 6.72. The molecule has 3 heteroatoms. The summed E-state index contributed by atoms with van der Waals surface area (Å²) in [7, 11) is 0. The second-order valence-corrected chi connectivity index (χ2v) is 5.46. The van der Waals surface area contributed by atoms with Crippen LogP contribution >= 0.6 is 0 Å². The Balaban J connectivity index is 1.51. The van der Waals surface area contributed by atoms with Crippen LogP contribution in [0.25, 0.3) is 0 Å². The second kappa shape index (κ2) is 4.04. The Kier molecular flexibility index (Phi) is 2.71. The number of morpholine rings is 1. The van der Waals surface area contributed by atoms with Gasteiger partial charge in [-0.2, -0.15) is 0 Å². The van der Waals surface area contributed by atoms with Gasteiger partial charge in [0.1, 0.15) is 0 Å². The first-order chi connectivity index (χ1) is 7.38. The molecule has 0 aromatic heterocycles. The minimum atomic E-state index is 0.730. The van der Waals surface area contributed by atoms with Gasteiger partial charge in [0, 0.05) is 19.1 Å². The molecular formula is C12H22N2O. The highest BCUT2D eigenvalue weighted by Gasteiger charge is 2.46. The van der Waals surface area contributed by atoms with Crippen molar-refractivity contribution in [2.24, 2.45) is 5.41 Å². The molecule has 86 valence electrons. The standard InChI is InChI=1S/C12H22N2O/c1-3-13-4-2-12(1)9-11(10-12)14-5-7-15-8-6-14/h11,13H,1-10H2. The van der Waals surface area contributed by atoms with Crippen molar-refractivity contribution >= 4 is 0 Å². The fourth-order valence-electron chi connectivity index (χ4n) is 3.51. The number of piperidine rings is 1. The molecule has 3 fully saturated rings. The maximum absolute atomic E-state index is 5.40. The molecule has 1 saturated carbocycles. The van der Waals surface area contributed by atoms with Crippen LogP contribution in [0.4, 0.5) is 0 Å². The van der Waals surface area contributed by atoms with Gasteiger partial charge >= 0.3 is 0 Å². The zero-order valence-electron chi connectivity index (χ0n) is 9.50. The van der Waals surface area contributed by atoms with Crippen LogP contribution < -0.4 is 5.32 Å². The van der Waals surface area contributed by atoms with Crippen LogP contribution in [-0.2, 0) is 4.74 Å². The Hall–Kier alpha value is -0.120. The Morgan fingerprint density at radius 2 is 1.73 bits per heavy atom. The Labute approximate surface area is 92.2 Å². The van der Waals surface area contributed by atoms with Crippen molar-refractivity contribution < 1.29 is 4.74 Å². The number of hydrogen-bond donors (Lipinski definition) is 1. The lowest BCUT2D eigenvalue weighted by molar-refractivity contribution is -0.0613. The molecule has 3 nitrogen and oxygen atoms in total. The number of nitrogens with one attached hydrogen (secondary N) is 1. The monoisotopic (exact) mass is 210 g/mol. The van der Waals surface area contributed by atoms with E-state index in [1.54, 1.807) is 0 Å². The minimum absolute atomic E-state index is 0.730. The van der Waals surface area contributed by atoms with Crippen LogP contribution in [0.1, 0.15) is 25.7 Å². The average molecular weight is 210 g/mol. The van der Waals surface area contributed by atoms with Gasteiger partial charge in [-0.15, -0.1) is 0 Å². The van der Waals surface area contributed by atoms with E-state index in [0.29, 0.717) is 0 Å². The summed E-state index contributed by atoms with van der Waals surface area (Å²) in [6, 6.07) is 0.881. The highest BCUT2D eigenvalue weighted by Crippen LogP contribution is 2.49. The van der Waals surface area contributed by atoms with Crippen molar-refractivity contribution in [1.82, 2.24) is 10.2 Å². The molecule has 0 aromatic rings. The highest BCUT2D eigenvalue weighted by molar-refractivity contribution is 5.00. The fraction of sp³-hybridized carbons (Fsp3) is 1.00. The molecule has 0 bridgehead atoms. The van der Waals surface area contributed by atoms with E-state index in [0.717, 1.165) is 24.7 Å². The Morgan fingerprint density at radius 3 is 2.40 bits per heavy atom. The van der Waals surface area contributed by atoms with Crippen molar-refractivity contribution in [2.45, 2.75) is 31.7 Å². The lowest BCUT2D eigenvalue weighted by atomic mass is 9.60. The molecule has 2 heterocycles. The number of nitrogens with zero attached hydrogens (tertiary/aromatic N) is 1. The summed E-state index contributed by atoms with van der Waals surface area (Å²) < 4.78 is 5.40. The van der Waals surface area contributed by atoms with Gasteiger partial charge in [-0.25, -0.2) is 0 Å². The van der Waals surface area contributed by atoms with Gasteiger partial charge in [-0.05, 0) is 44.2 Å². The van der Waals surface area contributed by atoms with E-state index in [1.807, 2.05) is 0 Å². The minimum Gasteiger partial charge on any atom is -0.379 e. The first-order valence-corrected chi connectivity index (χ1v) is 6.41. The SMILES string of the molecule is C1CC2(CCN1)CC(N1CCOCC1)C2. The predicted octanol–water partition coefficient (Wildman–Crippen LogP) is 0.851. The predicted molar refractivity (Wildman–Crippen MR) is 60.0 cm³/mol. The fourth-order valence-corrected chi connectivity index (χ4v) is 3.51. The third-order valence-corrected chi connectivity index (χ3v) is 4.56. The van der Waals surface area contributed by atoms with Crippen LogP contribution in [0.3, 0.4) is 0 Å². The summed E-state index contributed by atoms with van der Waals surface area (Å²) in [6.07, 6.45) is 5.73. The van der Waals surface area contributed by atoms with E-state index in [1.165, 1.54) is 51.9 Å². The van der Waals surface area contributed by atoms with E-state index >= 15 is 0 Å². The average Bonchev–Trinajstić information content (AvgIpc) is 2.28. The summed E-state index contributed by atoms with van der Waals surface area (Å²) in [5.41, 5.74) is 0.730. The first-order valence-electron chi connectivity index (χ1n) is 6.41. The van der Waals surface area contributed by atoms with E-state index in [-0.39, 0.29) is 0 Å². The Bertz CT molecular complexity index is 212. The molecule has 1 spiro atoms. The first kappa shape index (κ1) is 10.1. The van der Waals surface area contributed by atoms with Crippen molar-refractivity contribution in [3.63, 3.8) is 0 Å². The van der Waals surface area contributed by atoms with Crippen LogP contribution in [0.15, 0.2) is 0 Å². The van der Waals surface area contributed by atoms with E-state index < -0.39 is 0 Å². The van der Waals surface area contributed by atoms with Gasteiger partial charge in [0.05, 0.1) is 13.2 Å². The molecule has 1 aliphatic carbocycles. The smallest absolute Gasteiger partial charge is 0.0594 e. The van der Waals surface area contributed by atoms with Crippen LogP contribution in [-0.4, -0.2) is 50.3 Å². The summed E-state index contributed by atoms with van der Waals surface area (Å²) in [5.74, 6) is 0. The Morgan fingerprint density at radius 1 is 1.07 bits per heavy atom. The van der Waals surface area contributed by atoms with Crippen molar-refractivity contribution in [1.29, 1.82) is 0 Å². The van der Waals surface area contributed by atoms with Gasteiger partial charge < -0.3 is 10.1 Å². The van der Waals surface area contributed by atoms with Gasteiger partial charge in [0.15, 0.2) is 0 Å². The zero-order chi connectivity index (χ0) is 10.1. The highest BCUT2D eigenvalue weighted by atomic mass is 16.5. The maximum atomic E-state index is 5.40. The van der Waals surface area contributed by atoms with Crippen molar-refractivity contribution in [2.75, 3.05) is 39.4 Å². The molecule has 2 saturated heterocycles. The molecule has 3 aliphatic rings. The maximum Gasteiger partial charge on any atom is 0.0594 e. The van der Waals surface area contributed by atoms with E-state index in [2.05, 4.69) is 10.2 Å². The lowest BCUT2D eigenvalue weighted by Crippen LogP contribution is -2.56. The molecule has 0 atom stereocenters. The largest absolute Gasteiger partial charge is 0.379 e. The zero-order valence-corrected chi connectivity index (χ0v) is 9.50. The number of hydrogen-bond acceptors (Lipinski definition) is 3. The molecule has 0 amide bonds. The summed E-state index contributed by atoms with van der Waals surface area (Å²) in [5, 5.41) is 3.47. The quantitative estimate of drug-likeness (QED) is 0.694. The van der Waals surface area contributed by atoms with Gasteiger partial charge in [-0.3, -0.25) is 4.90 Å². The van der Waals surface area contributed by atoms with Crippen LogP contribution in [0, 0.1) is 5.41 Å². The molecule has 3 rings (SSSR count). The van der Waals surface area contributed by atoms with Gasteiger partial charge in [0.25, 0.3) is 0 Å². The van der Waals surface area contributed by atoms with Gasteiger partial charge in [0.2, 0.25) is 0 Å². The third-order valence-electron chi connectivity index (χ3n) is 4.56. The molecule has 0 unspecified atom stereocenters. The van der Waals surface area contributed by atoms with Crippen LogP contribution in [0.5, 0.6) is 0 Å². The molecule has 2 aliphatic heterocycles. The van der Waals surface area contributed by atoms with E-state index in [4.69, 9.17) is 4.74 Å². The molecule has 0 radical (unpaired) electrons. The summed E-state index contributed by atoms with van der Waals surface area (Å²) >= 11 is 0. The van der Waals surface area contributed by atoms with E-state index in [9.17, 15) is 0 Å². The van der Waals surface area contributed by atoms with Crippen molar-refractivity contribution in [3.8, 4) is 0 Å². The van der Waals surface area contributed by atoms with Gasteiger partial charge in [-0.1, -0.05) is 0 Å². The summed E-state index contributed by atoms with van der Waals surface area (Å²) in [4.78, 5) is 2.65. The molecule has 0 aromatic carbocycles.